The molecule has 0 saturated carbocycles. The number of ether oxygens (including phenoxy) is 1. The molecular weight excluding hydrogens is 230 g/mol. The monoisotopic (exact) mass is 243 g/mol. The summed E-state index contributed by atoms with van der Waals surface area (Å²) in [7, 11) is -2.19. The molecule has 0 aliphatic heterocycles. The van der Waals surface area contributed by atoms with Crippen molar-refractivity contribution >= 4 is 15.8 Å². The van der Waals surface area contributed by atoms with Crippen LogP contribution < -0.4 is 9.88 Å². The number of primary sulfonamides is 1. The molecule has 1 aromatic rings. The Labute approximate surface area is 94.3 Å². The highest BCUT2D eigenvalue weighted by atomic mass is 32.2. The molecule has 0 aliphatic carbocycles. The van der Waals surface area contributed by atoms with Crippen LogP contribution in [0.25, 0.3) is 0 Å². The van der Waals surface area contributed by atoms with Crippen molar-refractivity contribution in [1.29, 1.82) is 0 Å². The highest BCUT2D eigenvalue weighted by Crippen LogP contribution is 2.11. The van der Waals surface area contributed by atoms with Crippen LogP contribution in [0.1, 0.15) is 5.56 Å². The first-order chi connectivity index (χ1) is 7.40. The number of Topliss-reactive ketones (excluding diaryl/α,β-unsaturated/α-hetero) is 1. The topological polar surface area (TPSA) is 86.5 Å². The summed E-state index contributed by atoms with van der Waals surface area (Å²) in [5.74, 6) is -0.366. The minimum Gasteiger partial charge on any atom is -0.497 e. The largest absolute Gasteiger partial charge is 0.497 e. The Bertz CT molecular complexity index is 464. The SMILES string of the molecule is COc1ccc(CC(=O)CS(N)(=O)=O)cc1. The highest BCUT2D eigenvalue weighted by molar-refractivity contribution is 7.89. The number of methoxy groups -OCH3 is 1. The van der Waals surface area contributed by atoms with Crippen molar-refractivity contribution in [3.63, 3.8) is 0 Å². The normalized spacial score (nSPS) is 11.1. The fourth-order valence-electron chi connectivity index (χ4n) is 1.25. The van der Waals surface area contributed by atoms with Gasteiger partial charge in [0.25, 0.3) is 0 Å². The highest BCUT2D eigenvalue weighted by Gasteiger charge is 2.11. The van der Waals surface area contributed by atoms with E-state index in [2.05, 4.69) is 0 Å². The van der Waals surface area contributed by atoms with Gasteiger partial charge in [-0.3, -0.25) is 4.79 Å². The summed E-state index contributed by atoms with van der Waals surface area (Å²) < 4.78 is 26.3. The van der Waals surface area contributed by atoms with Crippen LogP contribution in [0.15, 0.2) is 24.3 Å². The Kier molecular flexibility index (Phi) is 4.03. The Balaban J connectivity index is 2.63. The van der Waals surface area contributed by atoms with Gasteiger partial charge in [0, 0.05) is 6.42 Å². The second kappa shape index (κ2) is 5.09. The van der Waals surface area contributed by atoms with Crippen LogP contribution in [-0.2, 0) is 21.2 Å². The third-order valence-corrected chi connectivity index (χ3v) is 2.65. The van der Waals surface area contributed by atoms with Crippen molar-refractivity contribution in [3.05, 3.63) is 29.8 Å². The van der Waals surface area contributed by atoms with E-state index in [1.54, 1.807) is 31.4 Å². The van der Waals surface area contributed by atoms with Gasteiger partial charge >= 0.3 is 0 Å². The van der Waals surface area contributed by atoms with E-state index in [1.165, 1.54) is 0 Å². The summed E-state index contributed by atoms with van der Waals surface area (Å²) in [4.78, 5) is 11.3. The second-order valence-electron chi connectivity index (χ2n) is 3.37. The van der Waals surface area contributed by atoms with E-state index in [0.717, 1.165) is 5.56 Å². The molecule has 16 heavy (non-hydrogen) atoms. The number of nitrogens with two attached hydrogens (primary N) is 1. The zero-order valence-corrected chi connectivity index (χ0v) is 9.66. The van der Waals surface area contributed by atoms with Gasteiger partial charge in [-0.2, -0.15) is 0 Å². The van der Waals surface area contributed by atoms with Crippen LogP contribution in [-0.4, -0.2) is 27.1 Å². The predicted molar refractivity (Wildman–Crippen MR) is 59.7 cm³/mol. The second-order valence-corrected chi connectivity index (χ2v) is 4.99. The number of hydrogen-bond acceptors (Lipinski definition) is 4. The van der Waals surface area contributed by atoms with Crippen LogP contribution in [0.4, 0.5) is 0 Å². The van der Waals surface area contributed by atoms with Crippen molar-refractivity contribution in [2.45, 2.75) is 6.42 Å². The lowest BCUT2D eigenvalue weighted by molar-refractivity contribution is -0.116. The molecule has 0 amide bonds. The van der Waals surface area contributed by atoms with E-state index >= 15 is 0 Å². The summed E-state index contributed by atoms with van der Waals surface area (Å²) in [6.45, 7) is 0. The van der Waals surface area contributed by atoms with Crippen LogP contribution in [0.3, 0.4) is 0 Å². The van der Waals surface area contributed by atoms with Gasteiger partial charge in [0.2, 0.25) is 10.0 Å². The molecule has 0 atom stereocenters. The van der Waals surface area contributed by atoms with Gasteiger partial charge in [-0.1, -0.05) is 12.1 Å². The first-order valence-corrected chi connectivity index (χ1v) is 6.27. The van der Waals surface area contributed by atoms with E-state index in [4.69, 9.17) is 9.88 Å². The van der Waals surface area contributed by atoms with E-state index in [9.17, 15) is 13.2 Å². The van der Waals surface area contributed by atoms with Gasteiger partial charge in [0.15, 0.2) is 5.78 Å². The zero-order valence-electron chi connectivity index (χ0n) is 8.84. The Morgan fingerprint density at radius 2 is 1.88 bits per heavy atom. The number of ketones is 1. The summed E-state index contributed by atoms with van der Waals surface area (Å²) in [5, 5.41) is 4.77. The van der Waals surface area contributed by atoms with Crippen molar-refractivity contribution in [3.8, 4) is 5.75 Å². The molecule has 0 heterocycles. The summed E-state index contributed by atoms with van der Waals surface area (Å²) in [5.41, 5.74) is 0.731. The van der Waals surface area contributed by atoms with Gasteiger partial charge < -0.3 is 4.74 Å². The van der Waals surface area contributed by atoms with E-state index < -0.39 is 21.6 Å². The van der Waals surface area contributed by atoms with Crippen LogP contribution in [0.2, 0.25) is 0 Å². The molecule has 88 valence electrons. The van der Waals surface area contributed by atoms with E-state index in [1.807, 2.05) is 0 Å². The van der Waals surface area contributed by atoms with Crippen molar-refractivity contribution in [1.82, 2.24) is 0 Å². The summed E-state index contributed by atoms with van der Waals surface area (Å²) in [6.07, 6.45) is 0.0560. The van der Waals surface area contributed by atoms with Gasteiger partial charge in [0.1, 0.15) is 11.5 Å². The number of carbonyl (C=O) groups is 1. The zero-order chi connectivity index (χ0) is 12.2. The van der Waals surface area contributed by atoms with Gasteiger partial charge in [-0.25, -0.2) is 13.6 Å². The fourth-order valence-corrected chi connectivity index (χ4v) is 1.80. The average Bonchev–Trinajstić information content (AvgIpc) is 2.16. The minimum absolute atomic E-state index is 0.0560. The molecule has 1 rings (SSSR count). The maximum absolute atomic E-state index is 11.3. The van der Waals surface area contributed by atoms with Gasteiger partial charge in [-0.15, -0.1) is 0 Å². The number of sulfonamides is 1. The Hall–Kier alpha value is -1.40. The maximum atomic E-state index is 11.3. The standard InChI is InChI=1S/C10H13NO4S/c1-15-10-4-2-8(3-5-10)6-9(12)7-16(11,13)14/h2-5H,6-7H2,1H3,(H2,11,13,14). The van der Waals surface area contributed by atoms with E-state index in [0.29, 0.717) is 5.75 Å². The third kappa shape index (κ3) is 4.41. The predicted octanol–water partition coefficient (Wildman–Crippen LogP) is 0.0953. The number of hydrogen-bond donors (Lipinski definition) is 1. The molecule has 0 unspecified atom stereocenters. The molecule has 5 nitrogen and oxygen atoms in total. The van der Waals surface area contributed by atoms with Crippen LogP contribution in [0.5, 0.6) is 5.75 Å². The van der Waals surface area contributed by atoms with Crippen LogP contribution in [0, 0.1) is 0 Å². The van der Waals surface area contributed by atoms with Crippen molar-refractivity contribution in [2.24, 2.45) is 5.14 Å². The summed E-state index contributed by atoms with van der Waals surface area (Å²) >= 11 is 0. The molecule has 0 bridgehead atoms. The molecule has 0 spiro atoms. The molecule has 1 aromatic carbocycles. The molecule has 6 heteroatoms. The quantitative estimate of drug-likeness (QED) is 0.794. The number of benzene rings is 1. The first-order valence-electron chi connectivity index (χ1n) is 4.56. The lowest BCUT2D eigenvalue weighted by Gasteiger charge is -2.02. The summed E-state index contributed by atoms with van der Waals surface area (Å²) in [6, 6.07) is 6.83. The lowest BCUT2D eigenvalue weighted by atomic mass is 10.1. The fraction of sp³-hybridized carbons (Fsp3) is 0.300. The number of carbonyl (C=O) groups excluding carboxylic acids is 1. The molecular formula is C10H13NO4S. The molecule has 0 aliphatic rings. The molecule has 0 aromatic heterocycles. The van der Waals surface area contributed by atoms with Crippen LogP contribution >= 0.6 is 0 Å². The molecule has 0 fully saturated rings. The molecule has 2 N–H and O–H groups in total. The average molecular weight is 243 g/mol. The van der Waals surface area contributed by atoms with Crippen molar-refractivity contribution < 1.29 is 17.9 Å². The first kappa shape index (κ1) is 12.7. The van der Waals surface area contributed by atoms with Crippen molar-refractivity contribution in [2.75, 3.05) is 12.9 Å². The number of rotatable bonds is 5. The lowest BCUT2D eigenvalue weighted by Crippen LogP contribution is -2.24. The third-order valence-electron chi connectivity index (χ3n) is 1.92. The van der Waals surface area contributed by atoms with Gasteiger partial charge in [0.05, 0.1) is 7.11 Å². The molecule has 0 saturated heterocycles. The minimum atomic E-state index is -3.73. The Morgan fingerprint density at radius 3 is 2.31 bits per heavy atom. The van der Waals surface area contributed by atoms with E-state index in [-0.39, 0.29) is 6.42 Å². The van der Waals surface area contributed by atoms with Gasteiger partial charge in [-0.05, 0) is 17.7 Å². The Morgan fingerprint density at radius 1 is 1.31 bits per heavy atom. The smallest absolute Gasteiger partial charge is 0.216 e. The molecule has 0 radical (unpaired) electrons. The maximum Gasteiger partial charge on any atom is 0.216 e.